The Bertz CT molecular complexity index is 746. The van der Waals surface area contributed by atoms with Gasteiger partial charge >= 0.3 is 5.97 Å². The first kappa shape index (κ1) is 17.1. The zero-order chi connectivity index (χ0) is 17.8. The van der Waals surface area contributed by atoms with Crippen LogP contribution >= 0.6 is 0 Å². The van der Waals surface area contributed by atoms with E-state index in [4.69, 9.17) is 14.3 Å². The number of carboxylic acid groups (broad SMARTS) is 1. The van der Waals surface area contributed by atoms with Gasteiger partial charge in [-0.25, -0.2) is 4.79 Å². The molecule has 0 bridgehead atoms. The summed E-state index contributed by atoms with van der Waals surface area (Å²) < 4.78 is 10.9. The number of hydrogen-bond acceptors (Lipinski definition) is 6. The molecular formula is C17H19N3O5. The highest BCUT2D eigenvalue weighted by Gasteiger charge is 2.32. The molecule has 2 heterocycles. The number of carbonyl (C=O) groups excluding carboxylic acids is 1. The van der Waals surface area contributed by atoms with Crippen LogP contribution in [0.3, 0.4) is 0 Å². The molecule has 2 aromatic rings. The van der Waals surface area contributed by atoms with Gasteiger partial charge in [0.1, 0.15) is 0 Å². The van der Waals surface area contributed by atoms with E-state index in [0.29, 0.717) is 24.7 Å². The lowest BCUT2D eigenvalue weighted by atomic mass is 10.2. The number of rotatable bonds is 5. The van der Waals surface area contributed by atoms with Crippen LogP contribution < -0.4 is 0 Å². The van der Waals surface area contributed by atoms with E-state index >= 15 is 0 Å². The van der Waals surface area contributed by atoms with E-state index < -0.39 is 12.1 Å². The molecule has 0 aliphatic carbocycles. The largest absolute Gasteiger partial charge is 0.479 e. The first-order valence-electron chi connectivity index (χ1n) is 8.07. The van der Waals surface area contributed by atoms with Gasteiger partial charge in [0, 0.05) is 24.9 Å². The number of aromatic nitrogens is 2. The Morgan fingerprint density at radius 1 is 1.24 bits per heavy atom. The molecule has 0 saturated carbocycles. The van der Waals surface area contributed by atoms with E-state index in [2.05, 4.69) is 10.2 Å². The summed E-state index contributed by atoms with van der Waals surface area (Å²) in [4.78, 5) is 25.0. The van der Waals surface area contributed by atoms with Crippen molar-refractivity contribution in [2.24, 2.45) is 0 Å². The van der Waals surface area contributed by atoms with Crippen molar-refractivity contribution in [1.29, 1.82) is 0 Å². The van der Waals surface area contributed by atoms with Crippen molar-refractivity contribution in [3.8, 4) is 11.5 Å². The number of aryl methyl sites for hydroxylation is 1. The summed E-state index contributed by atoms with van der Waals surface area (Å²) in [5, 5.41) is 17.0. The van der Waals surface area contributed by atoms with Crippen LogP contribution in [0.4, 0.5) is 0 Å². The van der Waals surface area contributed by atoms with E-state index in [1.54, 1.807) is 6.92 Å². The summed E-state index contributed by atoms with van der Waals surface area (Å²) >= 11 is 0. The fourth-order valence-corrected chi connectivity index (χ4v) is 2.72. The average molecular weight is 345 g/mol. The number of carboxylic acids is 1. The van der Waals surface area contributed by atoms with E-state index in [9.17, 15) is 9.59 Å². The Kier molecular flexibility index (Phi) is 5.08. The number of hydrogen-bond donors (Lipinski definition) is 1. The Balaban J connectivity index is 1.57. The number of morpholine rings is 1. The van der Waals surface area contributed by atoms with Crippen LogP contribution in [0, 0.1) is 0 Å². The number of nitrogens with zero attached hydrogens (tertiary/aromatic N) is 3. The van der Waals surface area contributed by atoms with Crippen LogP contribution in [0.15, 0.2) is 34.7 Å². The number of ether oxygens (including phenoxy) is 1. The van der Waals surface area contributed by atoms with Crippen molar-refractivity contribution in [2.45, 2.75) is 32.0 Å². The molecule has 2 atom stereocenters. The highest BCUT2D eigenvalue weighted by Crippen LogP contribution is 2.18. The third-order valence-electron chi connectivity index (χ3n) is 3.93. The van der Waals surface area contributed by atoms with Crippen LogP contribution in [0.25, 0.3) is 11.5 Å². The predicted molar refractivity (Wildman–Crippen MR) is 86.6 cm³/mol. The molecule has 1 saturated heterocycles. The molecular weight excluding hydrogens is 326 g/mol. The fourth-order valence-electron chi connectivity index (χ4n) is 2.72. The topological polar surface area (TPSA) is 106 Å². The summed E-state index contributed by atoms with van der Waals surface area (Å²) in [6.07, 6.45) is -0.815. The van der Waals surface area contributed by atoms with Gasteiger partial charge in [0.05, 0.1) is 12.6 Å². The molecule has 0 radical (unpaired) electrons. The molecule has 1 aromatic carbocycles. The summed E-state index contributed by atoms with van der Waals surface area (Å²) in [5.74, 6) is -0.424. The molecule has 1 unspecified atom stereocenters. The molecule has 1 aliphatic heterocycles. The van der Waals surface area contributed by atoms with Crippen molar-refractivity contribution >= 4 is 11.9 Å². The van der Waals surface area contributed by atoms with Gasteiger partial charge in [0.25, 0.3) is 0 Å². The zero-order valence-corrected chi connectivity index (χ0v) is 13.8. The minimum absolute atomic E-state index is 0.0532. The lowest BCUT2D eigenvalue weighted by Gasteiger charge is -2.34. The van der Waals surface area contributed by atoms with E-state index in [1.807, 2.05) is 30.3 Å². The van der Waals surface area contributed by atoms with Gasteiger partial charge in [0.2, 0.25) is 17.7 Å². The molecule has 1 aromatic heterocycles. The van der Waals surface area contributed by atoms with Gasteiger partial charge in [-0.2, -0.15) is 0 Å². The number of benzene rings is 1. The quantitative estimate of drug-likeness (QED) is 0.872. The molecule has 0 spiro atoms. The highest BCUT2D eigenvalue weighted by atomic mass is 16.5. The Morgan fingerprint density at radius 2 is 2.00 bits per heavy atom. The van der Waals surface area contributed by atoms with Crippen LogP contribution in [0.2, 0.25) is 0 Å². The SMILES string of the molecule is C[C@@H]1CN(C(=O)CCc2nnc(-c3ccccc3)o2)CC(C(=O)O)O1. The molecule has 1 N–H and O–H groups in total. The second-order valence-electron chi connectivity index (χ2n) is 5.94. The minimum Gasteiger partial charge on any atom is -0.479 e. The molecule has 25 heavy (non-hydrogen) atoms. The standard InChI is InChI=1S/C17H19N3O5/c1-11-9-20(10-13(24-11)17(22)23)15(21)8-7-14-18-19-16(25-14)12-5-3-2-4-6-12/h2-6,11,13H,7-10H2,1H3,(H,22,23)/t11-,13?/m1/s1. The molecule has 8 nitrogen and oxygen atoms in total. The maximum Gasteiger partial charge on any atom is 0.334 e. The maximum atomic E-state index is 12.3. The van der Waals surface area contributed by atoms with Crippen LogP contribution in [-0.4, -0.2) is 57.4 Å². The van der Waals surface area contributed by atoms with E-state index in [-0.39, 0.29) is 25.0 Å². The third-order valence-corrected chi connectivity index (χ3v) is 3.93. The van der Waals surface area contributed by atoms with Crippen molar-refractivity contribution in [1.82, 2.24) is 15.1 Å². The molecule has 1 fully saturated rings. The molecule has 3 rings (SSSR count). The van der Waals surface area contributed by atoms with Crippen molar-refractivity contribution in [3.05, 3.63) is 36.2 Å². The monoisotopic (exact) mass is 345 g/mol. The molecule has 1 amide bonds. The Morgan fingerprint density at radius 3 is 2.72 bits per heavy atom. The van der Waals surface area contributed by atoms with Gasteiger partial charge < -0.3 is 19.2 Å². The highest BCUT2D eigenvalue weighted by molar-refractivity contribution is 5.78. The number of amides is 1. The third kappa shape index (κ3) is 4.21. The van der Waals surface area contributed by atoms with Gasteiger partial charge in [-0.1, -0.05) is 18.2 Å². The Hall–Kier alpha value is -2.74. The van der Waals surface area contributed by atoms with Gasteiger partial charge in [-0.15, -0.1) is 10.2 Å². The lowest BCUT2D eigenvalue weighted by Crippen LogP contribution is -2.51. The second kappa shape index (κ2) is 7.43. The molecule has 8 heteroatoms. The predicted octanol–water partition coefficient (Wildman–Crippen LogP) is 1.37. The van der Waals surface area contributed by atoms with Gasteiger partial charge in [-0.05, 0) is 19.1 Å². The maximum absolute atomic E-state index is 12.3. The first-order chi connectivity index (χ1) is 12.0. The van der Waals surface area contributed by atoms with Crippen molar-refractivity contribution in [2.75, 3.05) is 13.1 Å². The Labute approximate surface area is 144 Å². The van der Waals surface area contributed by atoms with Gasteiger partial charge in [-0.3, -0.25) is 4.79 Å². The summed E-state index contributed by atoms with van der Waals surface area (Å²) in [5.41, 5.74) is 0.818. The number of aliphatic carboxylic acids is 1. The summed E-state index contributed by atoms with van der Waals surface area (Å²) in [7, 11) is 0. The first-order valence-corrected chi connectivity index (χ1v) is 8.07. The molecule has 132 valence electrons. The average Bonchev–Trinajstić information content (AvgIpc) is 3.09. The minimum atomic E-state index is -1.06. The molecule has 1 aliphatic rings. The van der Waals surface area contributed by atoms with Crippen LogP contribution in [0.5, 0.6) is 0 Å². The van der Waals surface area contributed by atoms with Crippen molar-refractivity contribution < 1.29 is 23.8 Å². The summed E-state index contributed by atoms with van der Waals surface area (Å²) in [6.45, 7) is 2.18. The van der Waals surface area contributed by atoms with E-state index in [1.165, 1.54) is 4.90 Å². The van der Waals surface area contributed by atoms with Crippen LogP contribution in [0.1, 0.15) is 19.2 Å². The van der Waals surface area contributed by atoms with E-state index in [0.717, 1.165) is 5.56 Å². The zero-order valence-electron chi connectivity index (χ0n) is 13.8. The smallest absolute Gasteiger partial charge is 0.334 e. The van der Waals surface area contributed by atoms with Gasteiger partial charge in [0.15, 0.2) is 6.10 Å². The summed E-state index contributed by atoms with van der Waals surface area (Å²) in [6, 6.07) is 9.38. The number of carbonyl (C=O) groups is 2. The second-order valence-corrected chi connectivity index (χ2v) is 5.94. The fraction of sp³-hybridized carbons (Fsp3) is 0.412. The normalized spacial score (nSPS) is 20.4. The lowest BCUT2D eigenvalue weighted by molar-refractivity contribution is -0.166. The van der Waals surface area contributed by atoms with Crippen molar-refractivity contribution in [3.63, 3.8) is 0 Å². The van der Waals surface area contributed by atoms with Crippen LogP contribution in [-0.2, 0) is 20.7 Å².